The molecule has 0 aliphatic rings. The van der Waals surface area contributed by atoms with Gasteiger partial charge >= 0.3 is 0 Å². The van der Waals surface area contributed by atoms with Crippen molar-refractivity contribution in [2.45, 2.75) is 39.0 Å². The van der Waals surface area contributed by atoms with Crippen LogP contribution in [-0.4, -0.2) is 27.9 Å². The molecule has 6 nitrogen and oxygen atoms in total. The molecule has 1 aromatic heterocycles. The summed E-state index contributed by atoms with van der Waals surface area (Å²) < 4.78 is 28.2. The van der Waals surface area contributed by atoms with Gasteiger partial charge in [-0.1, -0.05) is 32.6 Å². The Bertz CT molecular complexity index is 1070. The third-order valence-electron chi connectivity index (χ3n) is 5.20. The standard InChI is InChI=1S/C25H30O6/c1-5-6-7-8-9-14-30-25-23(26)19-12-11-18(27-2)16-21(19)31-24(25)17-10-13-20(28-3)22(15-17)29-4/h10-13,15-16H,5-9,14H2,1-4H3. The van der Waals surface area contributed by atoms with Crippen LogP contribution in [-0.2, 0) is 0 Å². The van der Waals surface area contributed by atoms with Gasteiger partial charge in [0.15, 0.2) is 17.3 Å². The Balaban J connectivity index is 2.05. The van der Waals surface area contributed by atoms with Gasteiger partial charge in [0.05, 0.1) is 33.3 Å². The van der Waals surface area contributed by atoms with Gasteiger partial charge in [-0.05, 0) is 36.8 Å². The van der Waals surface area contributed by atoms with Crippen molar-refractivity contribution < 1.29 is 23.4 Å². The lowest BCUT2D eigenvalue weighted by atomic mass is 10.1. The van der Waals surface area contributed by atoms with E-state index in [4.69, 9.17) is 23.4 Å². The number of rotatable bonds is 11. The second kappa shape index (κ2) is 10.8. The number of unbranched alkanes of at least 4 members (excludes halogenated alkanes) is 4. The first-order chi connectivity index (χ1) is 15.1. The SMILES string of the molecule is CCCCCCCOc1c(-c2ccc(OC)c(OC)c2)oc2cc(OC)ccc2c1=O. The van der Waals surface area contributed by atoms with Gasteiger partial charge in [0, 0.05) is 11.6 Å². The van der Waals surface area contributed by atoms with E-state index in [1.807, 2.05) is 6.07 Å². The van der Waals surface area contributed by atoms with Crippen LogP contribution in [0.25, 0.3) is 22.3 Å². The van der Waals surface area contributed by atoms with E-state index < -0.39 is 0 Å². The van der Waals surface area contributed by atoms with Crippen LogP contribution in [0.3, 0.4) is 0 Å². The maximum absolute atomic E-state index is 13.3. The van der Waals surface area contributed by atoms with Gasteiger partial charge in [-0.2, -0.15) is 0 Å². The lowest BCUT2D eigenvalue weighted by Crippen LogP contribution is -2.11. The highest BCUT2D eigenvalue weighted by atomic mass is 16.5. The molecule has 166 valence electrons. The van der Waals surface area contributed by atoms with E-state index in [0.717, 1.165) is 19.3 Å². The Kier molecular flexibility index (Phi) is 7.82. The molecule has 0 fully saturated rings. The molecular weight excluding hydrogens is 396 g/mol. The molecule has 0 bridgehead atoms. The van der Waals surface area contributed by atoms with Gasteiger partial charge in [0.1, 0.15) is 11.3 Å². The Morgan fingerprint density at radius 1 is 0.839 bits per heavy atom. The number of hydrogen-bond acceptors (Lipinski definition) is 6. The van der Waals surface area contributed by atoms with Crippen LogP contribution in [0.2, 0.25) is 0 Å². The van der Waals surface area contributed by atoms with Crippen LogP contribution in [0.4, 0.5) is 0 Å². The summed E-state index contributed by atoms with van der Waals surface area (Å²) in [6.45, 7) is 2.64. The van der Waals surface area contributed by atoms with Gasteiger partial charge in [0.2, 0.25) is 11.2 Å². The van der Waals surface area contributed by atoms with E-state index in [9.17, 15) is 4.79 Å². The normalized spacial score (nSPS) is 10.8. The minimum atomic E-state index is -0.206. The van der Waals surface area contributed by atoms with E-state index in [-0.39, 0.29) is 11.2 Å². The molecule has 3 aromatic rings. The summed E-state index contributed by atoms with van der Waals surface area (Å²) >= 11 is 0. The number of benzene rings is 2. The van der Waals surface area contributed by atoms with E-state index in [2.05, 4.69) is 6.92 Å². The maximum atomic E-state index is 13.3. The monoisotopic (exact) mass is 426 g/mol. The Morgan fingerprint density at radius 2 is 1.61 bits per heavy atom. The molecule has 0 aliphatic heterocycles. The van der Waals surface area contributed by atoms with Crippen molar-refractivity contribution in [1.29, 1.82) is 0 Å². The number of ether oxygens (including phenoxy) is 4. The van der Waals surface area contributed by atoms with Gasteiger partial charge in [-0.15, -0.1) is 0 Å². The van der Waals surface area contributed by atoms with Gasteiger partial charge in [-0.25, -0.2) is 0 Å². The van der Waals surface area contributed by atoms with E-state index in [1.165, 1.54) is 12.8 Å². The molecule has 1 heterocycles. The zero-order valence-electron chi connectivity index (χ0n) is 18.7. The lowest BCUT2D eigenvalue weighted by molar-refractivity contribution is 0.297. The van der Waals surface area contributed by atoms with Crippen LogP contribution >= 0.6 is 0 Å². The summed E-state index contributed by atoms with van der Waals surface area (Å²) in [4.78, 5) is 13.3. The predicted molar refractivity (Wildman–Crippen MR) is 122 cm³/mol. The quantitative estimate of drug-likeness (QED) is 0.359. The average Bonchev–Trinajstić information content (AvgIpc) is 2.81. The lowest BCUT2D eigenvalue weighted by Gasteiger charge is -2.14. The second-order valence-electron chi connectivity index (χ2n) is 7.28. The molecule has 0 saturated heterocycles. The highest BCUT2D eigenvalue weighted by Crippen LogP contribution is 2.37. The van der Waals surface area contributed by atoms with Crippen molar-refractivity contribution in [2.24, 2.45) is 0 Å². The Morgan fingerprint density at radius 3 is 2.32 bits per heavy atom. The summed E-state index contributed by atoms with van der Waals surface area (Å²) in [5.74, 6) is 2.31. The molecule has 0 saturated carbocycles. The first kappa shape index (κ1) is 22.5. The molecule has 0 unspecified atom stereocenters. The van der Waals surface area contributed by atoms with Gasteiger partial charge < -0.3 is 23.4 Å². The summed E-state index contributed by atoms with van der Waals surface area (Å²) in [5.41, 5.74) is 0.895. The topological polar surface area (TPSA) is 67.1 Å². The third-order valence-corrected chi connectivity index (χ3v) is 5.20. The number of fused-ring (bicyclic) bond motifs is 1. The fourth-order valence-corrected chi connectivity index (χ4v) is 3.46. The van der Waals surface area contributed by atoms with Crippen LogP contribution in [0, 0.1) is 0 Å². The molecule has 6 heteroatoms. The van der Waals surface area contributed by atoms with Crippen molar-refractivity contribution in [3.63, 3.8) is 0 Å². The summed E-state index contributed by atoms with van der Waals surface area (Å²) in [6, 6.07) is 10.5. The van der Waals surface area contributed by atoms with E-state index >= 15 is 0 Å². The minimum absolute atomic E-state index is 0.206. The maximum Gasteiger partial charge on any atom is 0.235 e. The first-order valence-electron chi connectivity index (χ1n) is 10.6. The predicted octanol–water partition coefficient (Wildman–Crippen LogP) is 5.84. The van der Waals surface area contributed by atoms with Crippen molar-refractivity contribution in [1.82, 2.24) is 0 Å². The van der Waals surface area contributed by atoms with Crippen LogP contribution < -0.4 is 24.4 Å². The smallest absolute Gasteiger partial charge is 0.235 e. The Labute approximate surface area is 182 Å². The van der Waals surface area contributed by atoms with Crippen LogP contribution in [0.15, 0.2) is 45.6 Å². The van der Waals surface area contributed by atoms with Gasteiger partial charge in [0.25, 0.3) is 0 Å². The van der Waals surface area contributed by atoms with Crippen LogP contribution in [0.5, 0.6) is 23.0 Å². The highest BCUT2D eigenvalue weighted by Gasteiger charge is 2.19. The minimum Gasteiger partial charge on any atom is -0.497 e. The molecule has 0 aliphatic carbocycles. The van der Waals surface area contributed by atoms with Gasteiger partial charge in [-0.3, -0.25) is 4.79 Å². The average molecular weight is 427 g/mol. The molecule has 0 spiro atoms. The number of hydrogen-bond donors (Lipinski definition) is 0. The summed E-state index contributed by atoms with van der Waals surface area (Å²) in [5, 5.41) is 0.450. The molecule has 0 amide bonds. The van der Waals surface area contributed by atoms with Crippen molar-refractivity contribution in [3.8, 4) is 34.3 Å². The molecular formula is C25H30O6. The summed E-state index contributed by atoms with van der Waals surface area (Å²) in [7, 11) is 4.72. The van der Waals surface area contributed by atoms with E-state index in [0.29, 0.717) is 46.1 Å². The summed E-state index contributed by atoms with van der Waals surface area (Å²) in [6.07, 6.45) is 5.49. The molecule has 0 radical (unpaired) electrons. The molecule has 0 N–H and O–H groups in total. The third kappa shape index (κ3) is 5.13. The zero-order valence-corrected chi connectivity index (χ0v) is 18.7. The van der Waals surface area contributed by atoms with Crippen molar-refractivity contribution in [2.75, 3.05) is 27.9 Å². The fourth-order valence-electron chi connectivity index (χ4n) is 3.46. The molecule has 3 rings (SSSR count). The fraction of sp³-hybridized carbons (Fsp3) is 0.400. The van der Waals surface area contributed by atoms with Crippen molar-refractivity contribution in [3.05, 3.63) is 46.6 Å². The largest absolute Gasteiger partial charge is 0.497 e. The van der Waals surface area contributed by atoms with Crippen LogP contribution in [0.1, 0.15) is 39.0 Å². The number of methoxy groups -OCH3 is 3. The van der Waals surface area contributed by atoms with E-state index in [1.54, 1.807) is 51.7 Å². The Hall–Kier alpha value is -3.15. The molecule has 2 aromatic carbocycles. The first-order valence-corrected chi connectivity index (χ1v) is 10.6. The zero-order chi connectivity index (χ0) is 22.2. The highest BCUT2D eigenvalue weighted by molar-refractivity contribution is 5.83. The molecule has 31 heavy (non-hydrogen) atoms. The van der Waals surface area contributed by atoms with Crippen molar-refractivity contribution >= 4 is 11.0 Å². The molecule has 0 atom stereocenters. The second-order valence-corrected chi connectivity index (χ2v) is 7.28.